The van der Waals surface area contributed by atoms with Crippen molar-refractivity contribution in [2.75, 3.05) is 12.3 Å². The molecule has 0 aliphatic rings. The van der Waals surface area contributed by atoms with Gasteiger partial charge < -0.3 is 24.8 Å². The molecular weight excluding hydrogens is 576 g/mol. The van der Waals surface area contributed by atoms with E-state index in [1.54, 1.807) is 0 Å². The minimum Gasteiger partial charge on any atom is -1.00 e. The zero-order valence-corrected chi connectivity index (χ0v) is 23.4. The summed E-state index contributed by atoms with van der Waals surface area (Å²) in [5, 5.41) is 3.00. The Morgan fingerprint density at radius 1 is 0.424 bits per heavy atom. The maximum atomic E-state index is 2.30. The number of hydrogen-bond donors (Lipinski definition) is 0. The Labute approximate surface area is 228 Å². The second-order valence-corrected chi connectivity index (χ2v) is 10.2. The van der Waals surface area contributed by atoms with Gasteiger partial charge in [0.25, 0.3) is 0 Å². The maximum absolute atomic E-state index is 2.30. The molecule has 0 bridgehead atoms. The molecule has 0 spiro atoms. The molecule has 0 amide bonds. The SMILES string of the molecule is [Cl-].[Cl-].[Pd+2].c1ccc(-c2ccccc2PCCCCPc2ccccc2-c2ccccc2)cc1. The summed E-state index contributed by atoms with van der Waals surface area (Å²) in [5.74, 6) is 0. The summed E-state index contributed by atoms with van der Waals surface area (Å²) in [6.07, 6.45) is 5.19. The number of hydrogen-bond acceptors (Lipinski definition) is 0. The fourth-order valence-corrected chi connectivity index (χ4v) is 6.37. The molecule has 5 heteroatoms. The summed E-state index contributed by atoms with van der Waals surface area (Å²) in [6, 6.07) is 39.4. The molecule has 4 rings (SSSR count). The van der Waals surface area contributed by atoms with E-state index in [9.17, 15) is 0 Å². The molecule has 4 aromatic rings. The Bertz CT molecular complexity index is 972. The first-order chi connectivity index (χ1) is 14.9. The first kappa shape index (κ1) is 30.0. The third-order valence-electron chi connectivity index (χ3n) is 5.26. The number of benzene rings is 4. The van der Waals surface area contributed by atoms with E-state index >= 15 is 0 Å². The summed E-state index contributed by atoms with van der Waals surface area (Å²) in [4.78, 5) is 0. The number of rotatable bonds is 9. The number of unbranched alkanes of at least 4 members (excludes halogenated alkanes) is 1. The van der Waals surface area contributed by atoms with Gasteiger partial charge in [-0.1, -0.05) is 126 Å². The van der Waals surface area contributed by atoms with E-state index in [1.165, 1.54) is 58.0 Å². The largest absolute Gasteiger partial charge is 2.00 e. The monoisotopic (exact) mass is 602 g/mol. The molecule has 0 aliphatic carbocycles. The molecule has 0 nitrogen and oxygen atoms in total. The average molecular weight is 604 g/mol. The van der Waals surface area contributed by atoms with Crippen LogP contribution in [0.4, 0.5) is 0 Å². The van der Waals surface area contributed by atoms with Gasteiger partial charge in [-0.25, -0.2) is 0 Å². The summed E-state index contributed by atoms with van der Waals surface area (Å²) < 4.78 is 0. The molecule has 0 fully saturated rings. The summed E-state index contributed by atoms with van der Waals surface area (Å²) in [7, 11) is 1.77. The predicted molar refractivity (Wildman–Crippen MR) is 139 cm³/mol. The van der Waals surface area contributed by atoms with Gasteiger partial charge in [0.15, 0.2) is 0 Å². The van der Waals surface area contributed by atoms with Crippen LogP contribution >= 0.6 is 17.2 Å². The van der Waals surface area contributed by atoms with Crippen molar-refractivity contribution in [2.24, 2.45) is 0 Å². The fourth-order valence-electron chi connectivity index (χ4n) is 3.71. The number of halogens is 2. The normalized spacial score (nSPS) is 10.5. The fraction of sp³-hybridized carbons (Fsp3) is 0.143. The van der Waals surface area contributed by atoms with Gasteiger partial charge in [-0.3, -0.25) is 0 Å². The molecule has 174 valence electrons. The van der Waals surface area contributed by atoms with Gasteiger partial charge in [0.2, 0.25) is 0 Å². The van der Waals surface area contributed by atoms with E-state index in [1.807, 2.05) is 0 Å². The zero-order chi connectivity index (χ0) is 20.4. The minimum absolute atomic E-state index is 0. The molecule has 0 saturated heterocycles. The van der Waals surface area contributed by atoms with Crippen LogP contribution in [0, 0.1) is 0 Å². The first-order valence-electron chi connectivity index (χ1n) is 10.7. The predicted octanol–water partition coefficient (Wildman–Crippen LogP) is 1.11. The molecular formula is C28H28Cl2P2Pd. The van der Waals surface area contributed by atoms with Crippen LogP contribution in [0.2, 0.25) is 0 Å². The molecule has 0 aromatic heterocycles. The Kier molecular flexibility index (Phi) is 15.1. The summed E-state index contributed by atoms with van der Waals surface area (Å²) >= 11 is 0. The topological polar surface area (TPSA) is 0 Å². The van der Waals surface area contributed by atoms with Gasteiger partial charge >= 0.3 is 20.4 Å². The van der Waals surface area contributed by atoms with Crippen molar-refractivity contribution in [3.8, 4) is 22.3 Å². The van der Waals surface area contributed by atoms with Crippen molar-refractivity contribution in [3.63, 3.8) is 0 Å². The van der Waals surface area contributed by atoms with Crippen LogP contribution in [0.1, 0.15) is 12.8 Å². The Morgan fingerprint density at radius 3 is 1.15 bits per heavy atom. The van der Waals surface area contributed by atoms with Gasteiger partial charge in [0.1, 0.15) is 0 Å². The molecule has 0 N–H and O–H groups in total. The second-order valence-electron chi connectivity index (χ2n) is 7.38. The van der Waals surface area contributed by atoms with Crippen LogP contribution in [0.15, 0.2) is 109 Å². The third kappa shape index (κ3) is 8.93. The Balaban J connectivity index is 0.00000181. The van der Waals surface area contributed by atoms with Gasteiger partial charge in [-0.2, -0.15) is 0 Å². The summed E-state index contributed by atoms with van der Waals surface area (Å²) in [6.45, 7) is 0. The van der Waals surface area contributed by atoms with Crippen molar-refractivity contribution in [3.05, 3.63) is 109 Å². The summed E-state index contributed by atoms with van der Waals surface area (Å²) in [5.41, 5.74) is 5.46. The van der Waals surface area contributed by atoms with E-state index in [4.69, 9.17) is 0 Å². The third-order valence-corrected chi connectivity index (χ3v) is 8.10. The van der Waals surface area contributed by atoms with Crippen LogP contribution in [-0.4, -0.2) is 12.3 Å². The van der Waals surface area contributed by atoms with Crippen molar-refractivity contribution < 1.29 is 45.2 Å². The van der Waals surface area contributed by atoms with Gasteiger partial charge in [0.05, 0.1) is 0 Å². The molecule has 0 saturated carbocycles. The first-order valence-corrected chi connectivity index (χ1v) is 13.1. The van der Waals surface area contributed by atoms with Crippen LogP contribution in [-0.2, 0) is 20.4 Å². The van der Waals surface area contributed by atoms with Crippen molar-refractivity contribution in [2.45, 2.75) is 12.8 Å². The Morgan fingerprint density at radius 2 is 0.758 bits per heavy atom. The van der Waals surface area contributed by atoms with E-state index in [-0.39, 0.29) is 45.2 Å². The van der Waals surface area contributed by atoms with Crippen molar-refractivity contribution >= 4 is 27.8 Å². The van der Waals surface area contributed by atoms with Crippen molar-refractivity contribution in [1.82, 2.24) is 0 Å². The Hall–Kier alpha value is -1.02. The molecule has 0 radical (unpaired) electrons. The standard InChI is InChI=1S/C28H28P2.2ClH.Pd/c1-3-13-23(14-4-1)25-17-7-9-19-27(25)29-21-11-12-22-30-28-20-10-8-18-26(28)24-15-5-2-6-16-24;;;/h1-10,13-20,29-30H,11-12,21-22H2;2*1H;/q;;;+2/p-2. The molecule has 0 aliphatic heterocycles. The van der Waals surface area contributed by atoms with Crippen LogP contribution in [0.5, 0.6) is 0 Å². The minimum atomic E-state index is 0. The zero-order valence-electron chi connectivity index (χ0n) is 18.3. The smallest absolute Gasteiger partial charge is 1.00 e. The van der Waals surface area contributed by atoms with Gasteiger partial charge in [-0.15, -0.1) is 0 Å². The van der Waals surface area contributed by atoms with Crippen molar-refractivity contribution in [1.29, 1.82) is 0 Å². The van der Waals surface area contributed by atoms with Gasteiger partial charge in [-0.05, 0) is 58.0 Å². The van der Waals surface area contributed by atoms with Crippen LogP contribution < -0.4 is 35.4 Å². The van der Waals surface area contributed by atoms with Gasteiger partial charge in [0, 0.05) is 0 Å². The van der Waals surface area contributed by atoms with E-state index in [0.29, 0.717) is 0 Å². The molecule has 2 atom stereocenters. The quantitative estimate of drug-likeness (QED) is 0.153. The molecule has 33 heavy (non-hydrogen) atoms. The van der Waals surface area contributed by atoms with E-state index < -0.39 is 0 Å². The van der Waals surface area contributed by atoms with Crippen LogP contribution in [0.3, 0.4) is 0 Å². The van der Waals surface area contributed by atoms with Crippen LogP contribution in [0.25, 0.3) is 22.3 Å². The van der Waals surface area contributed by atoms with E-state index in [0.717, 1.165) is 17.2 Å². The van der Waals surface area contributed by atoms with E-state index in [2.05, 4.69) is 109 Å². The molecule has 0 heterocycles. The average Bonchev–Trinajstić information content (AvgIpc) is 2.83. The molecule has 4 aromatic carbocycles. The maximum Gasteiger partial charge on any atom is 2.00 e. The second kappa shape index (κ2) is 16.6. The molecule has 2 unspecified atom stereocenters.